The average Bonchev–Trinajstić information content (AvgIpc) is 2.54. The van der Waals surface area contributed by atoms with Gasteiger partial charge in [-0.2, -0.15) is 5.26 Å². The summed E-state index contributed by atoms with van der Waals surface area (Å²) in [6.45, 7) is 8.28. The van der Waals surface area contributed by atoms with Crippen LogP contribution in [-0.4, -0.2) is 67.3 Å². The SMILES string of the molecule is CC(C)CC(NC(=O)/C(C#N)=C\NCCN1CCOCC1)C(=O)O. The summed E-state index contributed by atoms with van der Waals surface area (Å²) in [5, 5.41) is 23.5. The Morgan fingerprint density at radius 2 is 2.04 bits per heavy atom. The third-order valence-electron chi connectivity index (χ3n) is 3.60. The molecule has 0 saturated carbocycles. The van der Waals surface area contributed by atoms with Gasteiger partial charge in [-0.25, -0.2) is 4.79 Å². The number of morpholine rings is 1. The molecule has 1 aliphatic heterocycles. The Morgan fingerprint density at radius 3 is 2.58 bits per heavy atom. The lowest BCUT2D eigenvalue weighted by molar-refractivity contribution is -0.141. The maximum absolute atomic E-state index is 12.0. The maximum atomic E-state index is 12.0. The van der Waals surface area contributed by atoms with Gasteiger partial charge in [-0.15, -0.1) is 0 Å². The predicted octanol–water partition coefficient (Wildman–Crippen LogP) is -0.0688. The zero-order valence-corrected chi connectivity index (χ0v) is 14.2. The summed E-state index contributed by atoms with van der Waals surface area (Å²) in [4.78, 5) is 25.4. The fraction of sp³-hybridized carbons (Fsp3) is 0.688. The molecule has 0 aromatic heterocycles. The minimum absolute atomic E-state index is 0.118. The van der Waals surface area contributed by atoms with E-state index in [9.17, 15) is 9.59 Å². The molecule has 1 saturated heterocycles. The van der Waals surface area contributed by atoms with E-state index in [1.807, 2.05) is 13.8 Å². The van der Waals surface area contributed by atoms with Crippen LogP contribution in [0.1, 0.15) is 20.3 Å². The van der Waals surface area contributed by atoms with Gasteiger partial charge in [0.25, 0.3) is 5.91 Å². The summed E-state index contributed by atoms with van der Waals surface area (Å²) in [5.41, 5.74) is -0.132. The monoisotopic (exact) mass is 338 g/mol. The van der Waals surface area contributed by atoms with E-state index in [1.54, 1.807) is 6.07 Å². The Kier molecular flexibility index (Phi) is 8.83. The molecule has 0 aromatic carbocycles. The Bertz CT molecular complexity index is 493. The van der Waals surface area contributed by atoms with Gasteiger partial charge in [0.15, 0.2) is 0 Å². The first-order valence-corrected chi connectivity index (χ1v) is 8.11. The highest BCUT2D eigenvalue weighted by molar-refractivity contribution is 5.99. The van der Waals surface area contributed by atoms with Gasteiger partial charge in [0, 0.05) is 32.4 Å². The van der Waals surface area contributed by atoms with Crippen molar-refractivity contribution in [1.29, 1.82) is 5.26 Å². The third kappa shape index (κ3) is 7.44. The van der Waals surface area contributed by atoms with E-state index in [-0.39, 0.29) is 11.5 Å². The molecule has 8 nitrogen and oxygen atoms in total. The second kappa shape index (κ2) is 10.6. The van der Waals surface area contributed by atoms with E-state index >= 15 is 0 Å². The molecule has 0 radical (unpaired) electrons. The molecule has 0 aromatic rings. The first kappa shape index (κ1) is 19.9. The first-order chi connectivity index (χ1) is 11.4. The van der Waals surface area contributed by atoms with Crippen molar-refractivity contribution in [3.8, 4) is 6.07 Å². The van der Waals surface area contributed by atoms with Crippen molar-refractivity contribution in [2.75, 3.05) is 39.4 Å². The molecule has 0 spiro atoms. The van der Waals surface area contributed by atoms with Gasteiger partial charge in [0.2, 0.25) is 0 Å². The van der Waals surface area contributed by atoms with E-state index in [2.05, 4.69) is 15.5 Å². The number of carboxylic acids is 1. The lowest BCUT2D eigenvalue weighted by Gasteiger charge is -2.26. The summed E-state index contributed by atoms with van der Waals surface area (Å²) in [5.74, 6) is -1.66. The number of nitrogens with one attached hydrogen (secondary N) is 2. The lowest BCUT2D eigenvalue weighted by atomic mass is 10.0. The van der Waals surface area contributed by atoms with Gasteiger partial charge in [-0.1, -0.05) is 13.8 Å². The fourth-order valence-electron chi connectivity index (χ4n) is 2.30. The Hall–Kier alpha value is -2.11. The topological polar surface area (TPSA) is 115 Å². The first-order valence-electron chi connectivity index (χ1n) is 8.11. The Balaban J connectivity index is 2.46. The number of hydrogen-bond donors (Lipinski definition) is 3. The van der Waals surface area contributed by atoms with Gasteiger partial charge < -0.3 is 20.5 Å². The normalized spacial score (nSPS) is 17.2. The highest BCUT2D eigenvalue weighted by atomic mass is 16.5. The van der Waals surface area contributed by atoms with Crippen LogP contribution in [-0.2, 0) is 14.3 Å². The largest absolute Gasteiger partial charge is 0.480 e. The molecule has 24 heavy (non-hydrogen) atoms. The van der Waals surface area contributed by atoms with E-state index in [4.69, 9.17) is 15.1 Å². The number of rotatable bonds is 9. The summed E-state index contributed by atoms with van der Waals surface area (Å²) in [7, 11) is 0. The number of amides is 1. The third-order valence-corrected chi connectivity index (χ3v) is 3.60. The van der Waals surface area contributed by atoms with Crippen LogP contribution in [0.5, 0.6) is 0 Å². The van der Waals surface area contributed by atoms with Crippen molar-refractivity contribution in [3.05, 3.63) is 11.8 Å². The fourth-order valence-corrected chi connectivity index (χ4v) is 2.30. The lowest BCUT2D eigenvalue weighted by Crippen LogP contribution is -2.42. The van der Waals surface area contributed by atoms with Crippen LogP contribution in [0.3, 0.4) is 0 Å². The molecule has 1 fully saturated rings. The number of aliphatic carboxylic acids is 1. The molecule has 3 N–H and O–H groups in total. The molecule has 1 unspecified atom stereocenters. The van der Waals surface area contributed by atoms with Crippen molar-refractivity contribution >= 4 is 11.9 Å². The molecule has 1 rings (SSSR count). The molecular weight excluding hydrogens is 312 g/mol. The molecule has 0 aliphatic carbocycles. The standard InChI is InChI=1S/C16H26N4O4/c1-12(2)9-14(16(22)23)19-15(21)13(10-17)11-18-3-4-20-5-7-24-8-6-20/h11-12,14,18H,3-9H2,1-2H3,(H,19,21)(H,22,23)/b13-11-. The zero-order valence-electron chi connectivity index (χ0n) is 14.2. The summed E-state index contributed by atoms with van der Waals surface area (Å²) >= 11 is 0. The molecule has 1 amide bonds. The van der Waals surface area contributed by atoms with Gasteiger partial charge in [-0.3, -0.25) is 9.69 Å². The summed E-state index contributed by atoms with van der Waals surface area (Å²) in [6, 6.07) is 0.800. The van der Waals surface area contributed by atoms with E-state index in [0.29, 0.717) is 26.2 Å². The van der Waals surface area contributed by atoms with Gasteiger partial charge in [-0.05, 0) is 12.3 Å². The van der Waals surface area contributed by atoms with Crippen LogP contribution in [0.2, 0.25) is 0 Å². The highest BCUT2D eigenvalue weighted by Crippen LogP contribution is 2.06. The molecule has 1 aliphatic rings. The summed E-state index contributed by atoms with van der Waals surface area (Å²) < 4.78 is 5.26. The Labute approximate surface area is 142 Å². The number of hydrogen-bond acceptors (Lipinski definition) is 6. The van der Waals surface area contributed by atoms with Crippen molar-refractivity contribution in [3.63, 3.8) is 0 Å². The number of ether oxygens (including phenoxy) is 1. The van der Waals surface area contributed by atoms with Gasteiger partial charge in [0.05, 0.1) is 13.2 Å². The summed E-state index contributed by atoms with van der Waals surface area (Å²) in [6.07, 6.45) is 1.65. The van der Waals surface area contributed by atoms with E-state index < -0.39 is 17.9 Å². The molecule has 1 heterocycles. The van der Waals surface area contributed by atoms with Crippen LogP contribution in [0.4, 0.5) is 0 Å². The average molecular weight is 338 g/mol. The molecule has 0 bridgehead atoms. The quantitative estimate of drug-likeness (QED) is 0.306. The second-order valence-corrected chi connectivity index (χ2v) is 6.07. The van der Waals surface area contributed by atoms with Crippen LogP contribution >= 0.6 is 0 Å². The van der Waals surface area contributed by atoms with Crippen LogP contribution in [0.25, 0.3) is 0 Å². The van der Waals surface area contributed by atoms with Gasteiger partial charge in [0.1, 0.15) is 17.7 Å². The smallest absolute Gasteiger partial charge is 0.326 e. The second-order valence-electron chi connectivity index (χ2n) is 6.07. The van der Waals surface area contributed by atoms with Gasteiger partial charge >= 0.3 is 5.97 Å². The van der Waals surface area contributed by atoms with Crippen LogP contribution in [0.15, 0.2) is 11.8 Å². The molecule has 1 atom stereocenters. The number of carboxylic acid groups (broad SMARTS) is 1. The van der Waals surface area contributed by atoms with Crippen molar-refractivity contribution < 1.29 is 19.4 Å². The number of nitrogens with zero attached hydrogens (tertiary/aromatic N) is 2. The maximum Gasteiger partial charge on any atom is 0.326 e. The molecule has 134 valence electrons. The number of carbonyl (C=O) groups is 2. The highest BCUT2D eigenvalue weighted by Gasteiger charge is 2.22. The van der Waals surface area contributed by atoms with Crippen LogP contribution in [0, 0.1) is 17.2 Å². The van der Waals surface area contributed by atoms with E-state index in [0.717, 1.165) is 19.6 Å². The number of carbonyl (C=O) groups excluding carboxylic acids is 1. The van der Waals surface area contributed by atoms with Crippen molar-refractivity contribution in [2.45, 2.75) is 26.3 Å². The van der Waals surface area contributed by atoms with Crippen molar-refractivity contribution in [2.24, 2.45) is 5.92 Å². The predicted molar refractivity (Wildman–Crippen MR) is 88.0 cm³/mol. The molecule has 8 heteroatoms. The number of nitriles is 1. The molecular formula is C16H26N4O4. The van der Waals surface area contributed by atoms with Crippen molar-refractivity contribution in [1.82, 2.24) is 15.5 Å². The van der Waals surface area contributed by atoms with E-state index in [1.165, 1.54) is 6.20 Å². The minimum Gasteiger partial charge on any atom is -0.480 e. The van der Waals surface area contributed by atoms with Crippen LogP contribution < -0.4 is 10.6 Å². The minimum atomic E-state index is -1.10. The Morgan fingerprint density at radius 1 is 1.38 bits per heavy atom. The zero-order chi connectivity index (χ0) is 17.9.